The number of thiocarbonyl (C=S) groups is 1. The maximum atomic E-state index is 11.4. The number of rotatable bonds is 6. The molecular formula is C11H17N3O3S. The van der Waals surface area contributed by atoms with E-state index < -0.39 is 5.97 Å². The Bertz CT molecular complexity index is 433. The Kier molecular flexibility index (Phi) is 5.08. The van der Waals surface area contributed by atoms with Crippen molar-refractivity contribution in [1.82, 2.24) is 4.98 Å². The molecule has 0 amide bonds. The smallest absolute Gasteiger partial charge is 0.360 e. The van der Waals surface area contributed by atoms with Gasteiger partial charge in [-0.3, -0.25) is 0 Å². The van der Waals surface area contributed by atoms with Gasteiger partial charge in [0.15, 0.2) is 5.69 Å². The van der Waals surface area contributed by atoms with Crippen LogP contribution in [0.3, 0.4) is 0 Å². The number of ether oxygens (including phenoxy) is 1. The normalized spacial score (nSPS) is 11.9. The third-order valence-corrected chi connectivity index (χ3v) is 2.74. The molecule has 0 saturated carbocycles. The third-order valence-electron chi connectivity index (χ3n) is 2.34. The number of carbonyl (C=O) groups excluding carboxylic acids is 1. The van der Waals surface area contributed by atoms with Crippen molar-refractivity contribution in [2.75, 3.05) is 25.1 Å². The molecule has 100 valence electrons. The maximum Gasteiger partial charge on any atom is 0.360 e. The highest BCUT2D eigenvalue weighted by Gasteiger charge is 2.17. The molecule has 0 spiro atoms. The summed E-state index contributed by atoms with van der Waals surface area (Å²) in [7, 11) is 1.79. The van der Waals surface area contributed by atoms with Crippen molar-refractivity contribution >= 4 is 29.2 Å². The van der Waals surface area contributed by atoms with Gasteiger partial charge in [-0.2, -0.15) is 4.98 Å². The minimum Gasteiger partial charge on any atom is -0.461 e. The summed E-state index contributed by atoms with van der Waals surface area (Å²) in [6, 6.07) is 0.334. The molecule has 0 saturated heterocycles. The molecule has 1 heterocycles. The average molecular weight is 271 g/mol. The predicted molar refractivity (Wildman–Crippen MR) is 71.7 cm³/mol. The maximum absolute atomic E-state index is 11.4. The van der Waals surface area contributed by atoms with Crippen LogP contribution in [-0.2, 0) is 4.74 Å². The molecule has 0 fully saturated rings. The Labute approximate surface area is 111 Å². The van der Waals surface area contributed by atoms with Gasteiger partial charge in [0.05, 0.1) is 11.6 Å². The summed E-state index contributed by atoms with van der Waals surface area (Å²) in [5.74, 6) is -0.466. The zero-order valence-electron chi connectivity index (χ0n) is 10.7. The van der Waals surface area contributed by atoms with Crippen molar-refractivity contribution in [2.24, 2.45) is 11.7 Å². The molecule has 1 unspecified atom stereocenters. The number of esters is 1. The first-order valence-corrected chi connectivity index (χ1v) is 5.99. The number of nitrogens with two attached hydrogens (primary N) is 1. The van der Waals surface area contributed by atoms with Crippen molar-refractivity contribution in [3.8, 4) is 0 Å². The average Bonchev–Trinajstić information content (AvgIpc) is 2.78. The Balaban J connectivity index is 2.67. The van der Waals surface area contributed by atoms with E-state index in [4.69, 9.17) is 27.1 Å². The number of anilines is 1. The Morgan fingerprint density at radius 3 is 2.94 bits per heavy atom. The molecule has 0 radical (unpaired) electrons. The van der Waals surface area contributed by atoms with Crippen molar-refractivity contribution in [3.63, 3.8) is 0 Å². The van der Waals surface area contributed by atoms with E-state index in [1.165, 1.54) is 6.26 Å². The first-order valence-electron chi connectivity index (χ1n) is 5.58. The van der Waals surface area contributed by atoms with Crippen molar-refractivity contribution in [2.45, 2.75) is 13.8 Å². The van der Waals surface area contributed by atoms with Crippen LogP contribution in [0.15, 0.2) is 10.7 Å². The second-order valence-electron chi connectivity index (χ2n) is 3.92. The summed E-state index contributed by atoms with van der Waals surface area (Å²) in [6.45, 7) is 4.51. The van der Waals surface area contributed by atoms with Crippen LogP contribution in [0.4, 0.5) is 6.01 Å². The molecule has 0 aliphatic rings. The van der Waals surface area contributed by atoms with Gasteiger partial charge in [0, 0.05) is 19.5 Å². The van der Waals surface area contributed by atoms with Crippen LogP contribution in [0.25, 0.3) is 0 Å². The minimum atomic E-state index is -0.497. The van der Waals surface area contributed by atoms with Gasteiger partial charge in [0.25, 0.3) is 6.01 Å². The summed E-state index contributed by atoms with van der Waals surface area (Å²) in [5.41, 5.74) is 5.69. The summed E-state index contributed by atoms with van der Waals surface area (Å²) in [4.78, 5) is 17.6. The van der Waals surface area contributed by atoms with Crippen LogP contribution in [0.1, 0.15) is 24.3 Å². The summed E-state index contributed by atoms with van der Waals surface area (Å²) < 4.78 is 10.0. The van der Waals surface area contributed by atoms with E-state index in [-0.39, 0.29) is 11.6 Å². The Morgan fingerprint density at radius 1 is 1.72 bits per heavy atom. The van der Waals surface area contributed by atoms with Gasteiger partial charge in [0.1, 0.15) is 6.26 Å². The van der Waals surface area contributed by atoms with Crippen LogP contribution >= 0.6 is 12.2 Å². The van der Waals surface area contributed by atoms with Gasteiger partial charge >= 0.3 is 5.97 Å². The standard InChI is InChI=1S/C11H17N3O3S/c1-4-16-10(15)8-6-17-11(13-8)14(3)5-7(2)9(12)18/h6-7H,4-5H2,1-3H3,(H2,12,18). The summed E-state index contributed by atoms with van der Waals surface area (Å²) >= 11 is 4.89. The van der Waals surface area contributed by atoms with Gasteiger partial charge in [-0.15, -0.1) is 0 Å². The molecule has 7 heteroatoms. The van der Waals surface area contributed by atoms with Crippen LogP contribution in [0, 0.1) is 5.92 Å². The van der Waals surface area contributed by atoms with E-state index in [0.717, 1.165) is 0 Å². The highest BCUT2D eigenvalue weighted by Crippen LogP contribution is 2.14. The Morgan fingerprint density at radius 2 is 2.39 bits per heavy atom. The number of hydrogen-bond donors (Lipinski definition) is 1. The van der Waals surface area contributed by atoms with E-state index >= 15 is 0 Å². The summed E-state index contributed by atoms with van der Waals surface area (Å²) in [5, 5.41) is 0. The third kappa shape index (κ3) is 3.69. The second kappa shape index (κ2) is 6.34. The Hall–Kier alpha value is -1.63. The quantitative estimate of drug-likeness (QED) is 0.615. The van der Waals surface area contributed by atoms with Crippen molar-refractivity contribution < 1.29 is 13.9 Å². The number of aromatic nitrogens is 1. The fraction of sp³-hybridized carbons (Fsp3) is 0.545. The molecule has 1 atom stereocenters. The number of hydrogen-bond acceptors (Lipinski definition) is 6. The highest BCUT2D eigenvalue weighted by atomic mass is 32.1. The zero-order valence-corrected chi connectivity index (χ0v) is 11.5. The van der Waals surface area contributed by atoms with E-state index in [9.17, 15) is 4.79 Å². The molecular weight excluding hydrogens is 254 g/mol. The van der Waals surface area contributed by atoms with Gasteiger partial charge in [0.2, 0.25) is 0 Å². The lowest BCUT2D eigenvalue weighted by Gasteiger charge is -2.18. The topological polar surface area (TPSA) is 81.6 Å². The lowest BCUT2D eigenvalue weighted by molar-refractivity contribution is 0.0519. The zero-order chi connectivity index (χ0) is 13.7. The molecule has 6 nitrogen and oxygen atoms in total. The molecule has 2 N–H and O–H groups in total. The number of carbonyl (C=O) groups is 1. The van der Waals surface area contributed by atoms with Crippen LogP contribution in [0.5, 0.6) is 0 Å². The first kappa shape index (κ1) is 14.4. The number of oxazole rings is 1. The van der Waals surface area contributed by atoms with Crippen molar-refractivity contribution in [3.05, 3.63) is 12.0 Å². The molecule has 1 aromatic heterocycles. The molecule has 0 aliphatic heterocycles. The highest BCUT2D eigenvalue weighted by molar-refractivity contribution is 7.80. The van der Waals surface area contributed by atoms with E-state index in [0.29, 0.717) is 24.2 Å². The summed E-state index contributed by atoms with van der Waals surface area (Å²) in [6.07, 6.45) is 1.27. The molecule has 0 aliphatic carbocycles. The van der Waals surface area contributed by atoms with Crippen LogP contribution < -0.4 is 10.6 Å². The van der Waals surface area contributed by atoms with Gasteiger partial charge < -0.3 is 19.8 Å². The van der Waals surface area contributed by atoms with E-state index in [1.807, 2.05) is 6.92 Å². The lowest BCUT2D eigenvalue weighted by atomic mass is 10.2. The number of nitrogens with zero attached hydrogens (tertiary/aromatic N) is 2. The van der Waals surface area contributed by atoms with Gasteiger partial charge in [-0.05, 0) is 6.92 Å². The van der Waals surface area contributed by atoms with E-state index in [1.54, 1.807) is 18.9 Å². The minimum absolute atomic E-state index is 0.0305. The van der Waals surface area contributed by atoms with Gasteiger partial charge in [-0.1, -0.05) is 19.1 Å². The largest absolute Gasteiger partial charge is 0.461 e. The fourth-order valence-electron chi connectivity index (χ4n) is 1.32. The first-order chi connectivity index (χ1) is 8.45. The van der Waals surface area contributed by atoms with Crippen LogP contribution in [-0.4, -0.2) is 36.1 Å². The molecule has 0 bridgehead atoms. The van der Waals surface area contributed by atoms with E-state index in [2.05, 4.69) is 4.98 Å². The van der Waals surface area contributed by atoms with Crippen molar-refractivity contribution in [1.29, 1.82) is 0 Å². The molecule has 0 aromatic carbocycles. The fourth-order valence-corrected chi connectivity index (χ4v) is 1.39. The second-order valence-corrected chi connectivity index (χ2v) is 4.39. The monoisotopic (exact) mass is 271 g/mol. The van der Waals surface area contributed by atoms with Gasteiger partial charge in [-0.25, -0.2) is 4.79 Å². The SMILES string of the molecule is CCOC(=O)c1coc(N(C)CC(C)C(N)=S)n1. The molecule has 18 heavy (non-hydrogen) atoms. The predicted octanol–water partition coefficient (Wildman–Crippen LogP) is 1.21. The molecule has 1 aromatic rings. The van der Waals surface area contributed by atoms with Crippen LogP contribution in [0.2, 0.25) is 0 Å². The molecule has 1 rings (SSSR count). The lowest BCUT2D eigenvalue weighted by Crippen LogP contribution is -2.31.